The molecule has 1 aliphatic rings. The van der Waals surface area contributed by atoms with Crippen LogP contribution in [0.3, 0.4) is 0 Å². The number of nitrogens with one attached hydrogen (secondary N) is 1. The molecule has 2 aromatic carbocycles. The number of benzene rings is 2. The van der Waals surface area contributed by atoms with Crippen LogP contribution >= 0.6 is 0 Å². The van der Waals surface area contributed by atoms with Crippen molar-refractivity contribution in [1.82, 2.24) is 5.32 Å². The van der Waals surface area contributed by atoms with E-state index in [0.717, 1.165) is 17.7 Å². The lowest BCUT2D eigenvalue weighted by molar-refractivity contribution is -0.137. The molecule has 0 amide bonds. The van der Waals surface area contributed by atoms with Crippen molar-refractivity contribution in [1.29, 1.82) is 0 Å². The minimum absolute atomic E-state index is 0.0645. The third-order valence-electron chi connectivity index (χ3n) is 3.75. The van der Waals surface area contributed by atoms with Crippen LogP contribution in [-0.4, -0.2) is 31.2 Å². The van der Waals surface area contributed by atoms with Crippen LogP contribution in [0.25, 0.3) is 0 Å². The second kappa shape index (κ2) is 7.84. The highest BCUT2D eigenvalue weighted by atomic mass is 19.4. The Bertz CT molecular complexity index is 751. The maximum atomic E-state index is 12.6. The van der Waals surface area contributed by atoms with Crippen LogP contribution in [0.15, 0.2) is 42.5 Å². The van der Waals surface area contributed by atoms with E-state index >= 15 is 0 Å². The monoisotopic (exact) mass is 369 g/mol. The van der Waals surface area contributed by atoms with Gasteiger partial charge in [0.25, 0.3) is 0 Å². The summed E-state index contributed by atoms with van der Waals surface area (Å²) in [6.45, 7) is 0.817. The molecule has 0 bridgehead atoms. The van der Waals surface area contributed by atoms with Crippen LogP contribution in [0.4, 0.5) is 13.2 Å². The van der Waals surface area contributed by atoms with Crippen molar-refractivity contribution < 1.29 is 32.5 Å². The van der Waals surface area contributed by atoms with E-state index in [1.807, 2.05) is 18.2 Å². The van der Waals surface area contributed by atoms with Gasteiger partial charge in [0.2, 0.25) is 6.79 Å². The zero-order valence-corrected chi connectivity index (χ0v) is 13.8. The van der Waals surface area contributed by atoms with E-state index in [1.165, 1.54) is 12.1 Å². The van der Waals surface area contributed by atoms with E-state index in [-0.39, 0.29) is 25.7 Å². The Hall–Kier alpha value is -2.45. The first-order valence-corrected chi connectivity index (χ1v) is 7.99. The van der Waals surface area contributed by atoms with E-state index in [0.29, 0.717) is 18.0 Å². The molecule has 0 saturated heterocycles. The largest absolute Gasteiger partial charge is 0.491 e. The normalized spacial score (nSPS) is 14.3. The van der Waals surface area contributed by atoms with Gasteiger partial charge in [-0.1, -0.05) is 12.1 Å². The second-order valence-corrected chi connectivity index (χ2v) is 5.81. The summed E-state index contributed by atoms with van der Waals surface area (Å²) in [4.78, 5) is 0. The van der Waals surface area contributed by atoms with Crippen molar-refractivity contribution in [3.63, 3.8) is 0 Å². The highest BCUT2D eigenvalue weighted by Crippen LogP contribution is 2.32. The summed E-state index contributed by atoms with van der Waals surface area (Å²) in [5, 5.41) is 13.0. The molecule has 1 heterocycles. The molecule has 26 heavy (non-hydrogen) atoms. The van der Waals surface area contributed by atoms with Gasteiger partial charge in [0.1, 0.15) is 18.5 Å². The van der Waals surface area contributed by atoms with Gasteiger partial charge in [-0.3, -0.25) is 0 Å². The molecule has 1 unspecified atom stereocenters. The molecule has 0 fully saturated rings. The predicted molar refractivity (Wildman–Crippen MR) is 87.2 cm³/mol. The zero-order chi connectivity index (χ0) is 18.6. The van der Waals surface area contributed by atoms with Gasteiger partial charge in [-0.2, -0.15) is 13.2 Å². The third kappa shape index (κ3) is 4.80. The lowest BCUT2D eigenvalue weighted by Gasteiger charge is -2.14. The Morgan fingerprint density at radius 2 is 1.92 bits per heavy atom. The molecule has 3 rings (SSSR count). The first-order chi connectivity index (χ1) is 12.4. The molecule has 0 spiro atoms. The fourth-order valence-corrected chi connectivity index (χ4v) is 2.45. The number of rotatable bonds is 7. The van der Waals surface area contributed by atoms with E-state index in [4.69, 9.17) is 14.2 Å². The number of halogens is 3. The van der Waals surface area contributed by atoms with Crippen molar-refractivity contribution in [3.8, 4) is 17.2 Å². The van der Waals surface area contributed by atoms with Crippen LogP contribution < -0.4 is 19.5 Å². The third-order valence-corrected chi connectivity index (χ3v) is 3.75. The van der Waals surface area contributed by atoms with Gasteiger partial charge in [-0.15, -0.1) is 0 Å². The van der Waals surface area contributed by atoms with E-state index in [1.54, 1.807) is 0 Å². The van der Waals surface area contributed by atoms with Gasteiger partial charge in [0.05, 0.1) is 5.56 Å². The lowest BCUT2D eigenvalue weighted by atomic mass is 10.2. The molecular weight excluding hydrogens is 351 g/mol. The van der Waals surface area contributed by atoms with Gasteiger partial charge in [-0.05, 0) is 35.9 Å². The topological polar surface area (TPSA) is 60.0 Å². The van der Waals surface area contributed by atoms with Crippen LogP contribution in [0.5, 0.6) is 17.2 Å². The number of aliphatic hydroxyl groups excluding tert-OH is 1. The number of aliphatic hydroxyl groups is 1. The Morgan fingerprint density at radius 3 is 2.73 bits per heavy atom. The van der Waals surface area contributed by atoms with Gasteiger partial charge < -0.3 is 24.6 Å². The fourth-order valence-electron chi connectivity index (χ4n) is 2.45. The number of ether oxygens (including phenoxy) is 3. The molecule has 1 atom stereocenters. The summed E-state index contributed by atoms with van der Waals surface area (Å²) in [6.07, 6.45) is -5.29. The number of hydrogen-bond donors (Lipinski definition) is 2. The Labute approximate surface area is 148 Å². The summed E-state index contributed by atoms with van der Waals surface area (Å²) < 4.78 is 53.7. The molecule has 0 aromatic heterocycles. The van der Waals surface area contributed by atoms with Crippen molar-refractivity contribution in [2.45, 2.75) is 18.8 Å². The molecule has 2 N–H and O–H groups in total. The number of fused-ring (bicyclic) bond motifs is 1. The average Bonchev–Trinajstić information content (AvgIpc) is 3.07. The van der Waals surface area contributed by atoms with Gasteiger partial charge in [0, 0.05) is 13.1 Å². The highest BCUT2D eigenvalue weighted by molar-refractivity contribution is 5.44. The first kappa shape index (κ1) is 18.3. The Morgan fingerprint density at radius 1 is 1.12 bits per heavy atom. The summed E-state index contributed by atoms with van der Waals surface area (Å²) in [7, 11) is 0. The van der Waals surface area contributed by atoms with E-state index < -0.39 is 17.8 Å². The zero-order valence-electron chi connectivity index (χ0n) is 13.8. The second-order valence-electron chi connectivity index (χ2n) is 5.81. The maximum Gasteiger partial charge on any atom is 0.416 e. The standard InChI is InChI=1S/C18H18F3NO4/c19-18(20,21)13-2-1-3-15(7-13)24-10-14(23)9-22-8-12-4-5-16-17(6-12)26-11-25-16/h1-7,14,22-23H,8-11H2. The summed E-state index contributed by atoms with van der Waals surface area (Å²) in [5.74, 6) is 1.44. The minimum Gasteiger partial charge on any atom is -0.491 e. The first-order valence-electron chi connectivity index (χ1n) is 7.99. The Balaban J connectivity index is 1.42. The molecule has 1 aliphatic heterocycles. The highest BCUT2D eigenvalue weighted by Gasteiger charge is 2.30. The molecular formula is C18H18F3NO4. The quantitative estimate of drug-likeness (QED) is 0.786. The summed E-state index contributed by atoms with van der Waals surface area (Å²) >= 11 is 0. The smallest absolute Gasteiger partial charge is 0.416 e. The molecule has 0 radical (unpaired) electrons. The molecule has 140 valence electrons. The molecule has 8 heteroatoms. The molecule has 0 saturated carbocycles. The fraction of sp³-hybridized carbons (Fsp3) is 0.333. The summed E-state index contributed by atoms with van der Waals surface area (Å²) in [5.41, 5.74) is 0.172. The molecule has 2 aromatic rings. The average molecular weight is 369 g/mol. The summed E-state index contributed by atoms with van der Waals surface area (Å²) in [6, 6.07) is 10.1. The van der Waals surface area contributed by atoms with Crippen molar-refractivity contribution >= 4 is 0 Å². The van der Waals surface area contributed by atoms with E-state index in [2.05, 4.69) is 5.32 Å². The number of alkyl halides is 3. The molecule has 0 aliphatic carbocycles. The van der Waals surface area contributed by atoms with Gasteiger partial charge in [-0.25, -0.2) is 0 Å². The van der Waals surface area contributed by atoms with Crippen LogP contribution in [-0.2, 0) is 12.7 Å². The van der Waals surface area contributed by atoms with Gasteiger partial charge >= 0.3 is 6.18 Å². The van der Waals surface area contributed by atoms with Crippen LogP contribution in [0, 0.1) is 0 Å². The van der Waals surface area contributed by atoms with Crippen molar-refractivity contribution in [2.75, 3.05) is 19.9 Å². The lowest BCUT2D eigenvalue weighted by Crippen LogP contribution is -2.31. The Kier molecular flexibility index (Phi) is 5.53. The maximum absolute atomic E-state index is 12.6. The SMILES string of the molecule is OC(CNCc1ccc2c(c1)OCO2)COc1cccc(C(F)(F)F)c1. The van der Waals surface area contributed by atoms with Crippen molar-refractivity contribution in [3.05, 3.63) is 53.6 Å². The van der Waals surface area contributed by atoms with Crippen LogP contribution in [0.1, 0.15) is 11.1 Å². The number of hydrogen-bond acceptors (Lipinski definition) is 5. The van der Waals surface area contributed by atoms with Crippen LogP contribution in [0.2, 0.25) is 0 Å². The van der Waals surface area contributed by atoms with E-state index in [9.17, 15) is 18.3 Å². The molecule has 5 nitrogen and oxygen atoms in total. The predicted octanol–water partition coefficient (Wildman–Crippen LogP) is 2.96. The minimum atomic E-state index is -4.43. The van der Waals surface area contributed by atoms with Crippen molar-refractivity contribution in [2.24, 2.45) is 0 Å². The van der Waals surface area contributed by atoms with Gasteiger partial charge in [0.15, 0.2) is 11.5 Å².